The Morgan fingerprint density at radius 2 is 0.797 bits per heavy atom. The Morgan fingerprint density at radius 3 is 1.27 bits per heavy atom. The molecule has 306 valence electrons. The molecule has 5 aliphatic carbocycles. The molecule has 0 unspecified atom stereocenters. The maximum atomic E-state index is 5.27. The molecule has 0 amide bonds. The molecule has 4 bridgehead atoms. The summed E-state index contributed by atoms with van der Waals surface area (Å²) in [5, 5.41) is 0. The van der Waals surface area contributed by atoms with Crippen molar-refractivity contribution in [3.8, 4) is 90.7 Å². The highest BCUT2D eigenvalue weighted by molar-refractivity contribution is 5.93. The van der Waals surface area contributed by atoms with Crippen LogP contribution in [0.15, 0.2) is 176 Å². The van der Waals surface area contributed by atoms with E-state index in [0.29, 0.717) is 46.8 Å². The fourth-order valence-corrected chi connectivity index (χ4v) is 12.2. The zero-order valence-corrected chi connectivity index (χ0v) is 35.2. The fraction of sp³-hybridized carbons (Fsp3) is 0.175. The van der Waals surface area contributed by atoms with Gasteiger partial charge in [0, 0.05) is 50.6 Å². The zero-order chi connectivity index (χ0) is 42.2. The molecule has 9 aromatic rings. The summed E-state index contributed by atoms with van der Waals surface area (Å²) in [4.78, 5) is 35.6. The molecule has 5 aliphatic rings. The summed E-state index contributed by atoms with van der Waals surface area (Å²) in [6.07, 6.45) is 8.47. The number of nitrogens with zero attached hydrogens (tertiary/aromatic N) is 7. The van der Waals surface area contributed by atoms with E-state index in [0.717, 1.165) is 56.5 Å². The second kappa shape index (κ2) is 14.8. The van der Waals surface area contributed by atoms with E-state index in [9.17, 15) is 0 Å². The SMILES string of the molecule is c1ccc(-c2nc(-c3ccccc3)nc(-c3ccc(-c4ccc5c(c4)C4(c6cccc(-c7nc(-c8ccccc8)nc(-c8ccccc8)n7)c6-5)C5CC6CC(C5)CC4C6)nc3)n2)cc1. The number of hydrogen-bond donors (Lipinski definition) is 0. The van der Waals surface area contributed by atoms with E-state index in [-0.39, 0.29) is 5.41 Å². The van der Waals surface area contributed by atoms with Crippen LogP contribution >= 0.6 is 0 Å². The van der Waals surface area contributed by atoms with Crippen molar-refractivity contribution in [3.63, 3.8) is 0 Å². The monoisotopic (exact) mass is 825 g/mol. The topological polar surface area (TPSA) is 90.2 Å². The van der Waals surface area contributed by atoms with Crippen LogP contribution in [0.4, 0.5) is 0 Å². The minimum Gasteiger partial charge on any atom is -0.255 e. The number of rotatable bonds is 7. The highest BCUT2D eigenvalue weighted by atomic mass is 15.0. The Morgan fingerprint density at radius 1 is 0.344 bits per heavy atom. The molecular weight excluding hydrogens is 783 g/mol. The van der Waals surface area contributed by atoms with Crippen LogP contribution in [0, 0.1) is 23.7 Å². The van der Waals surface area contributed by atoms with Gasteiger partial charge < -0.3 is 0 Å². The summed E-state index contributed by atoms with van der Waals surface area (Å²) in [5.74, 6) is 6.77. The van der Waals surface area contributed by atoms with Crippen LogP contribution < -0.4 is 0 Å². The predicted octanol–water partition coefficient (Wildman–Crippen LogP) is 12.8. The van der Waals surface area contributed by atoms with Crippen molar-refractivity contribution in [1.82, 2.24) is 34.9 Å². The highest BCUT2D eigenvalue weighted by Gasteiger charge is 2.62. The van der Waals surface area contributed by atoms with Crippen molar-refractivity contribution in [2.45, 2.75) is 37.5 Å². The van der Waals surface area contributed by atoms with Gasteiger partial charge in [-0.25, -0.2) is 29.9 Å². The quantitative estimate of drug-likeness (QED) is 0.158. The number of benzene rings is 6. The molecule has 3 heterocycles. The first-order valence-corrected chi connectivity index (χ1v) is 22.6. The molecule has 4 saturated carbocycles. The van der Waals surface area contributed by atoms with Crippen LogP contribution in [0.2, 0.25) is 0 Å². The lowest BCUT2D eigenvalue weighted by molar-refractivity contribution is -0.0399. The largest absolute Gasteiger partial charge is 0.255 e. The summed E-state index contributed by atoms with van der Waals surface area (Å²) in [5.41, 5.74) is 13.2. The van der Waals surface area contributed by atoms with Gasteiger partial charge in [0.25, 0.3) is 0 Å². The third-order valence-corrected chi connectivity index (χ3v) is 14.6. The number of aromatic nitrogens is 7. The first kappa shape index (κ1) is 37.1. The molecule has 64 heavy (non-hydrogen) atoms. The summed E-state index contributed by atoms with van der Waals surface area (Å²) in [6.45, 7) is 0. The summed E-state index contributed by atoms with van der Waals surface area (Å²) < 4.78 is 0. The molecule has 14 rings (SSSR count). The van der Waals surface area contributed by atoms with E-state index in [4.69, 9.17) is 34.9 Å². The maximum absolute atomic E-state index is 5.27. The Labute approximate surface area is 372 Å². The fourth-order valence-electron chi connectivity index (χ4n) is 12.2. The smallest absolute Gasteiger partial charge is 0.165 e. The zero-order valence-electron chi connectivity index (χ0n) is 35.2. The molecule has 3 aromatic heterocycles. The van der Waals surface area contributed by atoms with Gasteiger partial charge in [0.1, 0.15) is 0 Å². The lowest BCUT2D eigenvalue weighted by Crippen LogP contribution is -2.55. The van der Waals surface area contributed by atoms with Gasteiger partial charge in [-0.2, -0.15) is 0 Å². The molecule has 0 saturated heterocycles. The van der Waals surface area contributed by atoms with Crippen molar-refractivity contribution in [1.29, 1.82) is 0 Å². The lowest BCUT2D eigenvalue weighted by Gasteiger charge is -2.61. The van der Waals surface area contributed by atoms with Gasteiger partial charge in [-0.15, -0.1) is 0 Å². The van der Waals surface area contributed by atoms with Gasteiger partial charge in [-0.3, -0.25) is 4.98 Å². The average molecular weight is 826 g/mol. The molecule has 6 aromatic carbocycles. The van der Waals surface area contributed by atoms with Gasteiger partial charge in [-0.05, 0) is 96.2 Å². The summed E-state index contributed by atoms with van der Waals surface area (Å²) in [7, 11) is 0. The molecule has 7 nitrogen and oxygen atoms in total. The Balaban J connectivity index is 0.947. The Bertz CT molecular complexity index is 3070. The summed E-state index contributed by atoms with van der Waals surface area (Å²) >= 11 is 0. The average Bonchev–Trinajstić information content (AvgIpc) is 3.66. The van der Waals surface area contributed by atoms with Crippen LogP contribution in [0.25, 0.3) is 90.7 Å². The normalized spacial score (nSPS) is 21.2. The number of hydrogen-bond acceptors (Lipinski definition) is 7. The second-order valence-electron chi connectivity index (χ2n) is 18.2. The van der Waals surface area contributed by atoms with Crippen molar-refractivity contribution < 1.29 is 0 Å². The number of fused-ring (bicyclic) bond motifs is 3. The van der Waals surface area contributed by atoms with E-state index >= 15 is 0 Å². The van der Waals surface area contributed by atoms with Crippen LogP contribution in [-0.4, -0.2) is 34.9 Å². The molecule has 0 atom stereocenters. The number of pyridine rings is 1. The van der Waals surface area contributed by atoms with E-state index < -0.39 is 0 Å². The maximum Gasteiger partial charge on any atom is 0.165 e. The first-order valence-electron chi connectivity index (χ1n) is 22.6. The Kier molecular flexibility index (Phi) is 8.58. The Hall–Kier alpha value is -7.51. The molecular formula is C57H43N7. The van der Waals surface area contributed by atoms with Crippen molar-refractivity contribution in [3.05, 3.63) is 187 Å². The van der Waals surface area contributed by atoms with Crippen molar-refractivity contribution >= 4 is 0 Å². The first-order chi connectivity index (χ1) is 31.7. The van der Waals surface area contributed by atoms with Gasteiger partial charge >= 0.3 is 0 Å². The van der Waals surface area contributed by atoms with Gasteiger partial charge in [0.15, 0.2) is 34.9 Å². The minimum atomic E-state index is -0.0752. The predicted molar refractivity (Wildman–Crippen MR) is 252 cm³/mol. The van der Waals surface area contributed by atoms with Crippen LogP contribution in [0.3, 0.4) is 0 Å². The molecule has 0 radical (unpaired) electrons. The van der Waals surface area contributed by atoms with Crippen LogP contribution in [0.5, 0.6) is 0 Å². The van der Waals surface area contributed by atoms with E-state index in [1.165, 1.54) is 54.4 Å². The molecule has 0 N–H and O–H groups in total. The third-order valence-electron chi connectivity index (χ3n) is 14.6. The lowest BCUT2D eigenvalue weighted by atomic mass is 9.43. The molecule has 0 aliphatic heterocycles. The second-order valence-corrected chi connectivity index (χ2v) is 18.2. The van der Waals surface area contributed by atoms with E-state index in [1.54, 1.807) is 0 Å². The molecule has 1 spiro atoms. The van der Waals surface area contributed by atoms with Crippen LogP contribution in [0.1, 0.15) is 43.2 Å². The van der Waals surface area contributed by atoms with Gasteiger partial charge in [0.05, 0.1) is 5.69 Å². The highest BCUT2D eigenvalue weighted by Crippen LogP contribution is 2.70. The summed E-state index contributed by atoms with van der Waals surface area (Å²) in [6, 6.07) is 59.1. The van der Waals surface area contributed by atoms with E-state index in [1.807, 2.05) is 103 Å². The van der Waals surface area contributed by atoms with Gasteiger partial charge in [-0.1, -0.05) is 152 Å². The van der Waals surface area contributed by atoms with Gasteiger partial charge in [0.2, 0.25) is 0 Å². The standard InChI is InChI=1S/C57H43N7/c1-5-14-37(15-6-1)51-59-52(38-16-7-2-8-17-38)62-55(61-51)42-25-27-49(58-34-42)41-24-26-45-48(33-41)57(43-29-35-28-36(31-43)32-44(57)30-35)47-23-13-22-46(50(45)47)56-63-53(39-18-9-3-10-19-39)60-54(64-56)40-20-11-4-12-21-40/h1-27,33-36,43-44H,28-32H2. The minimum absolute atomic E-state index is 0.0752. The molecule has 4 fully saturated rings. The van der Waals surface area contributed by atoms with E-state index in [2.05, 4.69) is 72.8 Å². The third kappa shape index (κ3) is 5.98. The van der Waals surface area contributed by atoms with Crippen molar-refractivity contribution in [2.75, 3.05) is 0 Å². The van der Waals surface area contributed by atoms with Crippen molar-refractivity contribution in [2.24, 2.45) is 23.7 Å². The molecule has 7 heteroatoms. The van der Waals surface area contributed by atoms with Crippen LogP contribution in [-0.2, 0) is 5.41 Å².